The molecule has 6 nitrogen and oxygen atoms in total. The summed E-state index contributed by atoms with van der Waals surface area (Å²) in [6.45, 7) is 4.08. The van der Waals surface area contributed by atoms with E-state index in [4.69, 9.17) is 16.3 Å². The zero-order chi connectivity index (χ0) is 20.8. The number of carbonyl (C=O) groups is 2. The van der Waals surface area contributed by atoms with Crippen molar-refractivity contribution >= 4 is 23.5 Å². The molecule has 0 saturated heterocycles. The van der Waals surface area contributed by atoms with Crippen LogP contribution in [0.4, 0.5) is 0 Å². The minimum atomic E-state index is -0.669. The van der Waals surface area contributed by atoms with Crippen LogP contribution in [0.3, 0.4) is 0 Å². The van der Waals surface area contributed by atoms with E-state index >= 15 is 0 Å². The Morgan fingerprint density at radius 3 is 2.48 bits per heavy atom. The molecule has 0 spiro atoms. The lowest BCUT2D eigenvalue weighted by Gasteiger charge is -2.08. The molecule has 0 radical (unpaired) electrons. The molecule has 0 unspecified atom stereocenters. The van der Waals surface area contributed by atoms with Crippen LogP contribution in [-0.4, -0.2) is 28.3 Å². The lowest BCUT2D eigenvalue weighted by molar-refractivity contribution is -0.124. The number of esters is 1. The number of carbonyl (C=O) groups excluding carboxylic acids is 2. The number of aromatic nitrogens is 2. The standard InChI is InChI=1S/C22H22ClN3O3/c1-15-8-6-7-11-18(15)12-24-19(27)14-29-22(28)20-16(2)25-26(21(20)23)13-17-9-4-3-5-10-17/h3-11H,12-14H2,1-2H3,(H,24,27). The Morgan fingerprint density at radius 2 is 1.76 bits per heavy atom. The van der Waals surface area contributed by atoms with E-state index in [1.807, 2.05) is 61.5 Å². The van der Waals surface area contributed by atoms with Crippen LogP contribution >= 0.6 is 11.6 Å². The van der Waals surface area contributed by atoms with Crippen LogP contribution in [0.15, 0.2) is 54.6 Å². The first-order chi connectivity index (χ1) is 14.0. The summed E-state index contributed by atoms with van der Waals surface area (Å²) in [5.74, 6) is -1.05. The van der Waals surface area contributed by atoms with Gasteiger partial charge in [-0.15, -0.1) is 0 Å². The molecule has 0 saturated carbocycles. The maximum absolute atomic E-state index is 12.4. The zero-order valence-corrected chi connectivity index (χ0v) is 17.1. The predicted octanol–water partition coefficient (Wildman–Crippen LogP) is 3.67. The monoisotopic (exact) mass is 411 g/mol. The number of nitrogens with one attached hydrogen (secondary N) is 1. The smallest absolute Gasteiger partial charge is 0.343 e. The zero-order valence-electron chi connectivity index (χ0n) is 16.3. The van der Waals surface area contributed by atoms with Gasteiger partial charge in [-0.2, -0.15) is 5.10 Å². The molecule has 0 aliphatic carbocycles. The molecule has 7 heteroatoms. The van der Waals surface area contributed by atoms with E-state index in [0.29, 0.717) is 18.8 Å². The van der Waals surface area contributed by atoms with Crippen LogP contribution < -0.4 is 5.32 Å². The highest BCUT2D eigenvalue weighted by Crippen LogP contribution is 2.22. The molecule has 2 aromatic carbocycles. The molecule has 150 valence electrons. The quantitative estimate of drug-likeness (QED) is 0.602. The van der Waals surface area contributed by atoms with E-state index in [1.165, 1.54) is 0 Å². The summed E-state index contributed by atoms with van der Waals surface area (Å²) >= 11 is 6.35. The predicted molar refractivity (Wildman–Crippen MR) is 111 cm³/mol. The molecule has 3 rings (SSSR count). The van der Waals surface area contributed by atoms with Crippen molar-refractivity contribution in [3.63, 3.8) is 0 Å². The summed E-state index contributed by atoms with van der Waals surface area (Å²) < 4.78 is 6.69. The summed E-state index contributed by atoms with van der Waals surface area (Å²) in [6.07, 6.45) is 0. The number of hydrogen-bond acceptors (Lipinski definition) is 4. The Balaban J connectivity index is 1.58. The third-order valence-electron chi connectivity index (χ3n) is 4.52. The third-order valence-corrected chi connectivity index (χ3v) is 4.90. The van der Waals surface area contributed by atoms with Gasteiger partial charge in [0.05, 0.1) is 12.2 Å². The van der Waals surface area contributed by atoms with Gasteiger partial charge < -0.3 is 10.1 Å². The van der Waals surface area contributed by atoms with Crippen molar-refractivity contribution in [2.45, 2.75) is 26.9 Å². The Morgan fingerprint density at radius 1 is 1.07 bits per heavy atom. The maximum Gasteiger partial charge on any atom is 0.343 e. The Kier molecular flexibility index (Phi) is 6.67. The number of halogens is 1. The van der Waals surface area contributed by atoms with Gasteiger partial charge in [0.2, 0.25) is 0 Å². The first-order valence-electron chi connectivity index (χ1n) is 9.21. The van der Waals surface area contributed by atoms with E-state index in [1.54, 1.807) is 11.6 Å². The van der Waals surface area contributed by atoms with Gasteiger partial charge >= 0.3 is 5.97 Å². The summed E-state index contributed by atoms with van der Waals surface area (Å²) in [4.78, 5) is 24.5. The van der Waals surface area contributed by atoms with Crippen LogP contribution in [-0.2, 0) is 22.6 Å². The fourth-order valence-electron chi connectivity index (χ4n) is 2.90. The fraction of sp³-hybridized carbons (Fsp3) is 0.227. The largest absolute Gasteiger partial charge is 0.452 e. The van der Waals surface area contributed by atoms with E-state index in [0.717, 1.165) is 16.7 Å². The van der Waals surface area contributed by atoms with Crippen molar-refractivity contribution in [2.24, 2.45) is 0 Å². The number of rotatable bonds is 7. The Hall–Kier alpha value is -3.12. The molecule has 0 aliphatic rings. The van der Waals surface area contributed by atoms with Crippen molar-refractivity contribution in [3.05, 3.63) is 87.7 Å². The number of hydrogen-bond donors (Lipinski definition) is 1. The highest BCUT2D eigenvalue weighted by Gasteiger charge is 2.22. The number of ether oxygens (including phenoxy) is 1. The average molecular weight is 412 g/mol. The second kappa shape index (κ2) is 9.39. The normalized spacial score (nSPS) is 10.6. The molecular weight excluding hydrogens is 390 g/mol. The second-order valence-corrected chi connectivity index (χ2v) is 7.03. The molecule has 3 aromatic rings. The molecule has 1 amide bonds. The molecular formula is C22H22ClN3O3. The van der Waals surface area contributed by atoms with Crippen LogP contribution in [0.5, 0.6) is 0 Å². The first kappa shape index (κ1) is 20.6. The third kappa shape index (κ3) is 5.23. The van der Waals surface area contributed by atoms with Crippen LogP contribution in [0.25, 0.3) is 0 Å². The molecule has 1 N–H and O–H groups in total. The highest BCUT2D eigenvalue weighted by molar-refractivity contribution is 6.32. The molecule has 0 aliphatic heterocycles. The summed E-state index contributed by atoms with van der Waals surface area (Å²) in [5.41, 5.74) is 3.73. The van der Waals surface area contributed by atoms with Crippen molar-refractivity contribution < 1.29 is 14.3 Å². The fourth-order valence-corrected chi connectivity index (χ4v) is 3.21. The average Bonchev–Trinajstić information content (AvgIpc) is 2.99. The van der Waals surface area contributed by atoms with E-state index in [9.17, 15) is 9.59 Å². The molecule has 0 fully saturated rings. The van der Waals surface area contributed by atoms with Crippen LogP contribution in [0.2, 0.25) is 5.15 Å². The number of benzene rings is 2. The molecule has 1 heterocycles. The van der Waals surface area contributed by atoms with Crippen molar-refractivity contribution in [1.29, 1.82) is 0 Å². The summed E-state index contributed by atoms with van der Waals surface area (Å²) in [6, 6.07) is 17.4. The number of aryl methyl sites for hydroxylation is 2. The van der Waals surface area contributed by atoms with Gasteiger partial charge in [-0.25, -0.2) is 9.48 Å². The van der Waals surface area contributed by atoms with Gasteiger partial charge in [0.15, 0.2) is 6.61 Å². The molecule has 1 aromatic heterocycles. The van der Waals surface area contributed by atoms with Crippen LogP contribution in [0.1, 0.15) is 32.7 Å². The maximum atomic E-state index is 12.4. The first-order valence-corrected chi connectivity index (χ1v) is 9.58. The topological polar surface area (TPSA) is 73.2 Å². The van der Waals surface area contributed by atoms with E-state index in [-0.39, 0.29) is 23.2 Å². The Bertz CT molecular complexity index is 1020. The van der Waals surface area contributed by atoms with E-state index in [2.05, 4.69) is 10.4 Å². The molecule has 29 heavy (non-hydrogen) atoms. The van der Waals surface area contributed by atoms with Crippen molar-refractivity contribution in [1.82, 2.24) is 15.1 Å². The number of nitrogens with zero attached hydrogens (tertiary/aromatic N) is 2. The highest BCUT2D eigenvalue weighted by atomic mass is 35.5. The van der Waals surface area contributed by atoms with Gasteiger partial charge in [0, 0.05) is 6.54 Å². The minimum absolute atomic E-state index is 0.175. The molecule has 0 bridgehead atoms. The lowest BCUT2D eigenvalue weighted by atomic mass is 10.1. The SMILES string of the molecule is Cc1ccccc1CNC(=O)COC(=O)c1c(C)nn(Cc2ccccc2)c1Cl. The lowest BCUT2D eigenvalue weighted by Crippen LogP contribution is -2.28. The second-order valence-electron chi connectivity index (χ2n) is 6.67. The summed E-state index contributed by atoms with van der Waals surface area (Å²) in [7, 11) is 0. The van der Waals surface area contributed by atoms with E-state index < -0.39 is 5.97 Å². The Labute approximate surface area is 174 Å². The van der Waals surface area contributed by atoms with Gasteiger partial charge in [0.25, 0.3) is 5.91 Å². The van der Waals surface area contributed by atoms with Crippen molar-refractivity contribution in [2.75, 3.05) is 6.61 Å². The number of amides is 1. The van der Waals surface area contributed by atoms with Gasteiger partial charge in [-0.1, -0.05) is 66.2 Å². The van der Waals surface area contributed by atoms with Gasteiger partial charge in [0.1, 0.15) is 10.7 Å². The van der Waals surface area contributed by atoms with Crippen LogP contribution in [0, 0.1) is 13.8 Å². The van der Waals surface area contributed by atoms with Gasteiger partial charge in [-0.05, 0) is 30.5 Å². The van der Waals surface area contributed by atoms with Crippen molar-refractivity contribution in [3.8, 4) is 0 Å². The summed E-state index contributed by atoms with van der Waals surface area (Å²) in [5, 5.41) is 7.26. The molecule has 0 atom stereocenters. The van der Waals surface area contributed by atoms with Gasteiger partial charge in [-0.3, -0.25) is 4.79 Å². The minimum Gasteiger partial charge on any atom is -0.452 e.